The van der Waals surface area contributed by atoms with Gasteiger partial charge in [-0.15, -0.1) is 11.6 Å². The van der Waals surface area contributed by atoms with Gasteiger partial charge in [0.2, 0.25) is 0 Å². The first kappa shape index (κ1) is 12.9. The molecule has 1 aromatic carbocycles. The van der Waals surface area contributed by atoms with Gasteiger partial charge in [-0.2, -0.15) is 0 Å². The Hall–Kier alpha value is -0.540. The molecule has 0 aliphatic heterocycles. The van der Waals surface area contributed by atoms with E-state index < -0.39 is 0 Å². The number of aromatic nitrogens is 2. The van der Waals surface area contributed by atoms with Crippen LogP contribution in [0, 0.1) is 0 Å². The molecule has 0 fully saturated rings. The van der Waals surface area contributed by atoms with Crippen molar-refractivity contribution in [2.75, 3.05) is 0 Å². The van der Waals surface area contributed by atoms with Crippen LogP contribution in [0.4, 0.5) is 0 Å². The summed E-state index contributed by atoms with van der Waals surface area (Å²) in [6, 6.07) is 7.21. The van der Waals surface area contributed by atoms with E-state index in [1.807, 2.05) is 12.1 Å². The van der Waals surface area contributed by atoms with Gasteiger partial charge in [-0.05, 0) is 6.07 Å². The minimum Gasteiger partial charge on any atom is -0.219 e. The predicted octanol–water partition coefficient (Wildman–Crippen LogP) is 4.84. The van der Waals surface area contributed by atoms with E-state index in [0.29, 0.717) is 22.0 Å². The summed E-state index contributed by atoms with van der Waals surface area (Å²) in [5.41, 5.74) is 1.22. The number of halogens is 4. The number of hydrogen-bond donors (Lipinski definition) is 0. The van der Waals surface area contributed by atoms with Crippen LogP contribution >= 0.6 is 46.4 Å². The van der Waals surface area contributed by atoms with E-state index in [1.165, 1.54) is 0 Å². The molecule has 6 heteroatoms. The first-order chi connectivity index (χ1) is 8.13. The summed E-state index contributed by atoms with van der Waals surface area (Å²) in [4.78, 5) is 8.10. The van der Waals surface area contributed by atoms with Crippen molar-refractivity contribution in [2.45, 2.75) is 5.88 Å². The van der Waals surface area contributed by atoms with Gasteiger partial charge in [-0.1, -0.05) is 53.0 Å². The maximum absolute atomic E-state index is 6.08. The van der Waals surface area contributed by atoms with Gasteiger partial charge in [0.05, 0.1) is 11.4 Å². The van der Waals surface area contributed by atoms with E-state index in [1.54, 1.807) is 12.1 Å². The highest BCUT2D eigenvalue weighted by atomic mass is 35.5. The van der Waals surface area contributed by atoms with Crippen LogP contribution in [0.2, 0.25) is 15.3 Å². The van der Waals surface area contributed by atoms with E-state index in [9.17, 15) is 0 Å². The van der Waals surface area contributed by atoms with E-state index in [2.05, 4.69) is 9.97 Å². The van der Waals surface area contributed by atoms with Gasteiger partial charge >= 0.3 is 0 Å². The molecule has 0 amide bonds. The molecule has 17 heavy (non-hydrogen) atoms. The maximum Gasteiger partial charge on any atom is 0.146 e. The second-order valence-corrected chi connectivity index (χ2v) is 4.60. The van der Waals surface area contributed by atoms with Crippen molar-refractivity contribution in [2.24, 2.45) is 0 Å². The molecule has 0 N–H and O–H groups in total. The Kier molecular flexibility index (Phi) is 4.10. The highest BCUT2D eigenvalue weighted by Crippen LogP contribution is 2.36. The lowest BCUT2D eigenvalue weighted by molar-refractivity contribution is 1.03. The van der Waals surface area contributed by atoms with Gasteiger partial charge in [-0.25, -0.2) is 9.97 Å². The molecule has 1 heterocycles. The Balaban J connectivity index is 2.64. The third-order valence-electron chi connectivity index (χ3n) is 2.13. The second-order valence-electron chi connectivity index (χ2n) is 3.21. The number of hydrogen-bond acceptors (Lipinski definition) is 2. The van der Waals surface area contributed by atoms with Gasteiger partial charge < -0.3 is 0 Å². The lowest BCUT2D eigenvalue weighted by Crippen LogP contribution is -1.96. The number of nitrogens with zero attached hydrogens (tertiary/aromatic N) is 2. The number of alkyl halides is 1. The van der Waals surface area contributed by atoms with Crippen LogP contribution in [0.25, 0.3) is 11.1 Å². The minimum absolute atomic E-state index is 0.155. The van der Waals surface area contributed by atoms with Gasteiger partial charge in [0, 0.05) is 10.6 Å². The molecular weight excluding hydrogens is 302 g/mol. The molecule has 0 atom stereocenters. The van der Waals surface area contributed by atoms with Crippen LogP contribution < -0.4 is 0 Å². The average molecular weight is 308 g/mol. The van der Waals surface area contributed by atoms with Gasteiger partial charge in [0.15, 0.2) is 0 Å². The van der Waals surface area contributed by atoms with Crippen molar-refractivity contribution < 1.29 is 0 Å². The van der Waals surface area contributed by atoms with Crippen molar-refractivity contribution in [3.05, 3.63) is 45.4 Å². The highest BCUT2D eigenvalue weighted by molar-refractivity contribution is 6.40. The predicted molar refractivity (Wildman–Crippen MR) is 72.1 cm³/mol. The van der Waals surface area contributed by atoms with Gasteiger partial charge in [-0.3, -0.25) is 0 Å². The van der Waals surface area contributed by atoms with E-state index in [-0.39, 0.29) is 16.2 Å². The quantitative estimate of drug-likeness (QED) is 0.586. The smallest absolute Gasteiger partial charge is 0.146 e. The van der Waals surface area contributed by atoms with Crippen LogP contribution in [0.1, 0.15) is 5.82 Å². The largest absolute Gasteiger partial charge is 0.219 e. The molecule has 0 spiro atoms. The van der Waals surface area contributed by atoms with Crippen molar-refractivity contribution in [3.8, 4) is 11.1 Å². The van der Waals surface area contributed by atoms with Crippen LogP contribution in [-0.4, -0.2) is 9.97 Å². The van der Waals surface area contributed by atoms with Crippen molar-refractivity contribution in [1.29, 1.82) is 0 Å². The normalized spacial score (nSPS) is 10.6. The highest BCUT2D eigenvalue weighted by Gasteiger charge is 2.15. The summed E-state index contributed by atoms with van der Waals surface area (Å²) in [5, 5.41) is 1.03. The molecule has 0 aliphatic rings. The second kappa shape index (κ2) is 5.40. The van der Waals surface area contributed by atoms with Crippen LogP contribution in [0.5, 0.6) is 0 Å². The SMILES string of the molecule is ClCc1nc(Cl)c(-c2ccccc2Cl)c(Cl)n1. The topological polar surface area (TPSA) is 25.8 Å². The average Bonchev–Trinajstić information content (AvgIpc) is 2.30. The lowest BCUT2D eigenvalue weighted by Gasteiger charge is -2.08. The Morgan fingerprint density at radius 2 is 1.53 bits per heavy atom. The van der Waals surface area contributed by atoms with Gasteiger partial charge in [0.1, 0.15) is 16.1 Å². The van der Waals surface area contributed by atoms with Gasteiger partial charge in [0.25, 0.3) is 0 Å². The lowest BCUT2D eigenvalue weighted by atomic mass is 10.1. The molecular formula is C11H6Cl4N2. The number of rotatable bonds is 2. The Bertz CT molecular complexity index is 534. The first-order valence-corrected chi connectivity index (χ1v) is 6.33. The molecule has 0 unspecified atom stereocenters. The molecule has 1 aromatic heterocycles. The fourth-order valence-corrected chi connectivity index (χ4v) is 2.37. The zero-order valence-electron chi connectivity index (χ0n) is 8.42. The molecule has 0 saturated heterocycles. The minimum atomic E-state index is 0.155. The summed E-state index contributed by atoms with van der Waals surface area (Å²) in [6.07, 6.45) is 0. The van der Waals surface area contributed by atoms with Crippen molar-refractivity contribution in [3.63, 3.8) is 0 Å². The molecule has 0 aliphatic carbocycles. The Morgan fingerprint density at radius 3 is 2.06 bits per heavy atom. The third-order valence-corrected chi connectivity index (χ3v) is 3.25. The summed E-state index contributed by atoms with van der Waals surface area (Å²) >= 11 is 23.8. The zero-order valence-corrected chi connectivity index (χ0v) is 11.4. The van der Waals surface area contributed by atoms with Crippen molar-refractivity contribution in [1.82, 2.24) is 9.97 Å². The Labute approximate surface area is 119 Å². The monoisotopic (exact) mass is 306 g/mol. The van der Waals surface area contributed by atoms with Crippen LogP contribution in [0.3, 0.4) is 0 Å². The van der Waals surface area contributed by atoms with E-state index in [4.69, 9.17) is 46.4 Å². The van der Waals surface area contributed by atoms with Crippen LogP contribution in [0.15, 0.2) is 24.3 Å². The summed E-state index contributed by atoms with van der Waals surface area (Å²) in [5.74, 6) is 0.542. The summed E-state index contributed by atoms with van der Waals surface area (Å²) < 4.78 is 0. The third kappa shape index (κ3) is 2.66. The molecule has 0 radical (unpaired) electrons. The number of benzene rings is 1. The first-order valence-electron chi connectivity index (χ1n) is 4.66. The summed E-state index contributed by atoms with van der Waals surface area (Å²) in [6.45, 7) is 0. The maximum atomic E-state index is 6.08. The Morgan fingerprint density at radius 1 is 0.941 bits per heavy atom. The molecule has 2 nitrogen and oxygen atoms in total. The molecule has 0 bridgehead atoms. The summed E-state index contributed by atoms with van der Waals surface area (Å²) in [7, 11) is 0. The fourth-order valence-electron chi connectivity index (χ4n) is 1.39. The molecule has 2 aromatic rings. The fraction of sp³-hybridized carbons (Fsp3) is 0.0909. The van der Waals surface area contributed by atoms with E-state index >= 15 is 0 Å². The van der Waals surface area contributed by atoms with Crippen LogP contribution in [-0.2, 0) is 5.88 Å². The molecule has 88 valence electrons. The van der Waals surface area contributed by atoms with Crippen molar-refractivity contribution >= 4 is 46.4 Å². The molecule has 2 rings (SSSR count). The zero-order chi connectivity index (χ0) is 12.4. The van der Waals surface area contributed by atoms with E-state index in [0.717, 1.165) is 0 Å². The standard InChI is InChI=1S/C11H6Cl4N2/c12-5-8-16-10(14)9(11(15)17-8)6-3-1-2-4-7(6)13/h1-4H,5H2. The molecule has 0 saturated carbocycles.